The van der Waals surface area contributed by atoms with E-state index in [0.717, 1.165) is 36.4 Å². The lowest BCUT2D eigenvalue weighted by Crippen LogP contribution is -2.44. The highest BCUT2D eigenvalue weighted by atomic mass is 19.1. The molecule has 0 aliphatic heterocycles. The molecule has 220 valence electrons. The molecular formula is C30H36F2N4O5. The first kappa shape index (κ1) is 30.1. The van der Waals surface area contributed by atoms with Crippen LogP contribution in [0.5, 0.6) is 5.75 Å². The number of nitrogens with zero attached hydrogens (tertiary/aromatic N) is 2. The number of aliphatic hydroxyl groups is 1. The van der Waals surface area contributed by atoms with Gasteiger partial charge in [0.2, 0.25) is 0 Å². The number of carbonyl (C=O) groups excluding carboxylic acids is 2. The van der Waals surface area contributed by atoms with Gasteiger partial charge in [-0.2, -0.15) is 5.10 Å². The molecular weight excluding hydrogens is 534 g/mol. The molecule has 1 fully saturated rings. The van der Waals surface area contributed by atoms with Crippen molar-refractivity contribution in [2.75, 3.05) is 18.9 Å². The number of aliphatic hydroxyl groups excluding tert-OH is 1. The number of ether oxygens (including phenoxy) is 2. The fraction of sp³-hybridized carbons (Fsp3) is 0.433. The van der Waals surface area contributed by atoms with Crippen molar-refractivity contribution in [1.29, 1.82) is 0 Å². The number of esters is 1. The molecule has 0 radical (unpaired) electrons. The molecule has 1 aliphatic rings. The number of hydrogen-bond acceptors (Lipinski definition) is 8. The monoisotopic (exact) mass is 570 g/mol. The Kier molecular flexibility index (Phi) is 10.1. The van der Waals surface area contributed by atoms with E-state index in [1.54, 1.807) is 18.2 Å². The Hall–Kier alpha value is -3.83. The van der Waals surface area contributed by atoms with Gasteiger partial charge in [0.25, 0.3) is 0 Å². The third kappa shape index (κ3) is 7.89. The standard InChI is InChI=1S/C30H36F2N4O5/c1-18(2)12-26(30(39)41-22-7-3-4-8-22)34-15-21(37)17-40-23-9-5-6-19(13-23)28(38)24-16-35-36(29(24)33)27-11-10-20(31)14-25(27)32/h5-6,9-11,13-14,16,18,21-22,26,34,37H,3-4,7-8,12,15,17,33H2,1-2H3/t21?,26-/m0/s1. The Labute approximate surface area is 237 Å². The number of benzene rings is 2. The fourth-order valence-electron chi connectivity index (χ4n) is 4.78. The molecule has 0 saturated heterocycles. The summed E-state index contributed by atoms with van der Waals surface area (Å²) in [6.45, 7) is 4.07. The summed E-state index contributed by atoms with van der Waals surface area (Å²) in [5.41, 5.74) is 6.27. The number of nitrogens with one attached hydrogen (secondary N) is 1. The van der Waals surface area contributed by atoms with Crippen LogP contribution < -0.4 is 15.8 Å². The zero-order valence-corrected chi connectivity index (χ0v) is 23.2. The normalized spacial score (nSPS) is 15.2. The van der Waals surface area contributed by atoms with E-state index in [1.165, 1.54) is 18.3 Å². The number of halogens is 2. The molecule has 1 unspecified atom stereocenters. The van der Waals surface area contributed by atoms with Crippen LogP contribution in [0.25, 0.3) is 5.69 Å². The van der Waals surface area contributed by atoms with E-state index in [1.807, 2.05) is 13.8 Å². The average molecular weight is 571 g/mol. The van der Waals surface area contributed by atoms with Gasteiger partial charge in [0, 0.05) is 18.2 Å². The SMILES string of the molecule is CC(C)C[C@H](NCC(O)COc1cccc(C(=O)c2cnn(-c3ccc(F)cc3F)c2N)c1)C(=O)OC1CCCC1. The minimum atomic E-state index is -0.928. The summed E-state index contributed by atoms with van der Waals surface area (Å²) >= 11 is 0. The van der Waals surface area contributed by atoms with Crippen LogP contribution in [-0.4, -0.2) is 58.0 Å². The summed E-state index contributed by atoms with van der Waals surface area (Å²) in [5.74, 6) is -1.89. The first-order valence-electron chi connectivity index (χ1n) is 13.8. The number of rotatable bonds is 13. The summed E-state index contributed by atoms with van der Waals surface area (Å²) in [7, 11) is 0. The second kappa shape index (κ2) is 13.7. The Morgan fingerprint density at radius 3 is 2.63 bits per heavy atom. The molecule has 2 atom stereocenters. The van der Waals surface area contributed by atoms with Crippen molar-refractivity contribution in [2.45, 2.75) is 64.2 Å². The van der Waals surface area contributed by atoms with Crippen LogP contribution in [0.15, 0.2) is 48.7 Å². The highest BCUT2D eigenvalue weighted by Gasteiger charge is 2.27. The van der Waals surface area contributed by atoms with E-state index in [9.17, 15) is 23.5 Å². The molecule has 11 heteroatoms. The second-order valence-corrected chi connectivity index (χ2v) is 10.7. The van der Waals surface area contributed by atoms with Gasteiger partial charge in [-0.1, -0.05) is 26.0 Å². The van der Waals surface area contributed by atoms with Gasteiger partial charge < -0.3 is 25.6 Å². The number of aromatic nitrogens is 2. The maximum absolute atomic E-state index is 14.2. The zero-order valence-electron chi connectivity index (χ0n) is 23.2. The number of hydrogen-bond donors (Lipinski definition) is 3. The lowest BCUT2D eigenvalue weighted by Gasteiger charge is -2.23. The first-order chi connectivity index (χ1) is 19.6. The predicted octanol–water partition coefficient (Wildman–Crippen LogP) is 4.19. The third-order valence-electron chi connectivity index (χ3n) is 6.90. The molecule has 1 aromatic heterocycles. The summed E-state index contributed by atoms with van der Waals surface area (Å²) in [6.07, 6.45) is 4.75. The van der Waals surface area contributed by atoms with Crippen LogP contribution in [0, 0.1) is 17.6 Å². The summed E-state index contributed by atoms with van der Waals surface area (Å²) in [5, 5.41) is 17.6. The molecule has 3 aromatic rings. The van der Waals surface area contributed by atoms with Crippen LogP contribution in [0.2, 0.25) is 0 Å². The maximum atomic E-state index is 14.2. The van der Waals surface area contributed by atoms with Gasteiger partial charge >= 0.3 is 5.97 Å². The lowest BCUT2D eigenvalue weighted by molar-refractivity contribution is -0.152. The van der Waals surface area contributed by atoms with Crippen molar-refractivity contribution >= 4 is 17.6 Å². The van der Waals surface area contributed by atoms with Crippen LogP contribution in [0.1, 0.15) is 61.9 Å². The van der Waals surface area contributed by atoms with Gasteiger partial charge in [-0.3, -0.25) is 9.59 Å². The first-order valence-corrected chi connectivity index (χ1v) is 13.8. The molecule has 2 aromatic carbocycles. The van der Waals surface area contributed by atoms with Gasteiger partial charge in [0.1, 0.15) is 47.9 Å². The van der Waals surface area contributed by atoms with Crippen LogP contribution in [0.4, 0.5) is 14.6 Å². The summed E-state index contributed by atoms with van der Waals surface area (Å²) in [6, 6.07) is 8.74. The number of carbonyl (C=O) groups is 2. The van der Waals surface area contributed by atoms with E-state index in [2.05, 4.69) is 10.4 Å². The molecule has 1 heterocycles. The van der Waals surface area contributed by atoms with Crippen LogP contribution in [0.3, 0.4) is 0 Å². The number of nitrogens with two attached hydrogens (primary N) is 1. The van der Waals surface area contributed by atoms with E-state index < -0.39 is 29.6 Å². The summed E-state index contributed by atoms with van der Waals surface area (Å²) in [4.78, 5) is 25.9. The zero-order chi connectivity index (χ0) is 29.5. The quantitative estimate of drug-likeness (QED) is 0.206. The highest BCUT2D eigenvalue weighted by molar-refractivity contribution is 6.11. The minimum absolute atomic E-state index is 0.0315. The summed E-state index contributed by atoms with van der Waals surface area (Å²) < 4.78 is 39.9. The van der Waals surface area contributed by atoms with Crippen molar-refractivity contribution in [3.05, 3.63) is 71.4 Å². The Morgan fingerprint density at radius 1 is 1.17 bits per heavy atom. The average Bonchev–Trinajstić information content (AvgIpc) is 3.59. The Bertz CT molecular complexity index is 1360. The van der Waals surface area contributed by atoms with Gasteiger partial charge in [-0.05, 0) is 62.3 Å². The molecule has 0 spiro atoms. The second-order valence-electron chi connectivity index (χ2n) is 10.7. The highest BCUT2D eigenvalue weighted by Crippen LogP contribution is 2.25. The smallest absolute Gasteiger partial charge is 0.323 e. The third-order valence-corrected chi connectivity index (χ3v) is 6.90. The predicted molar refractivity (Wildman–Crippen MR) is 149 cm³/mol. The van der Waals surface area contributed by atoms with E-state index in [0.29, 0.717) is 18.2 Å². The maximum Gasteiger partial charge on any atom is 0.323 e. The van der Waals surface area contributed by atoms with Gasteiger partial charge in [0.15, 0.2) is 11.6 Å². The van der Waals surface area contributed by atoms with Crippen molar-refractivity contribution < 1.29 is 33.0 Å². The van der Waals surface area contributed by atoms with Crippen molar-refractivity contribution in [1.82, 2.24) is 15.1 Å². The van der Waals surface area contributed by atoms with Crippen molar-refractivity contribution in [2.24, 2.45) is 5.92 Å². The molecule has 0 amide bonds. The van der Waals surface area contributed by atoms with E-state index >= 15 is 0 Å². The number of anilines is 1. The molecule has 9 nitrogen and oxygen atoms in total. The van der Waals surface area contributed by atoms with Crippen molar-refractivity contribution in [3.63, 3.8) is 0 Å². The van der Waals surface area contributed by atoms with Gasteiger partial charge in [-0.15, -0.1) is 0 Å². The van der Waals surface area contributed by atoms with Gasteiger partial charge in [-0.25, -0.2) is 13.5 Å². The molecule has 4 rings (SSSR count). The number of ketones is 1. The van der Waals surface area contributed by atoms with Crippen LogP contribution in [-0.2, 0) is 9.53 Å². The van der Waals surface area contributed by atoms with E-state index in [4.69, 9.17) is 15.2 Å². The largest absolute Gasteiger partial charge is 0.491 e. The molecule has 0 bridgehead atoms. The topological polar surface area (TPSA) is 129 Å². The Morgan fingerprint density at radius 2 is 1.93 bits per heavy atom. The lowest BCUT2D eigenvalue weighted by atomic mass is 10.0. The molecule has 4 N–H and O–H groups in total. The molecule has 41 heavy (non-hydrogen) atoms. The number of nitrogen functional groups attached to an aromatic ring is 1. The minimum Gasteiger partial charge on any atom is -0.491 e. The van der Waals surface area contributed by atoms with Crippen molar-refractivity contribution in [3.8, 4) is 11.4 Å². The fourth-order valence-corrected chi connectivity index (χ4v) is 4.78. The van der Waals surface area contributed by atoms with Crippen LogP contribution >= 0.6 is 0 Å². The van der Waals surface area contributed by atoms with Gasteiger partial charge in [0.05, 0.1) is 11.8 Å². The Balaban J connectivity index is 1.34. The van der Waals surface area contributed by atoms with E-state index in [-0.39, 0.29) is 53.8 Å². The molecule has 1 aliphatic carbocycles. The molecule has 1 saturated carbocycles.